The van der Waals surface area contributed by atoms with Crippen LogP contribution in [0.15, 0.2) is 47.6 Å². The zero-order valence-electron chi connectivity index (χ0n) is 12.0. The van der Waals surface area contributed by atoms with Crippen molar-refractivity contribution >= 4 is 16.7 Å². The molecule has 0 spiro atoms. The van der Waals surface area contributed by atoms with E-state index >= 15 is 0 Å². The van der Waals surface area contributed by atoms with E-state index in [9.17, 15) is 13.2 Å². The Morgan fingerprint density at radius 1 is 0.917 bits per heavy atom. The summed E-state index contributed by atoms with van der Waals surface area (Å²) < 4.78 is 38.7. The maximum atomic E-state index is 12.9. The summed E-state index contributed by atoms with van der Waals surface area (Å²) in [6.07, 6.45) is -4.44. The molecule has 0 atom stereocenters. The van der Waals surface area contributed by atoms with Gasteiger partial charge in [0.2, 0.25) is 0 Å². The minimum Gasteiger partial charge on any atom is -0.244 e. The minimum atomic E-state index is -4.44. The second-order valence-corrected chi connectivity index (χ2v) is 5.22. The normalized spacial score (nSPS) is 14.5. The molecule has 24 heavy (non-hydrogen) atoms. The summed E-state index contributed by atoms with van der Waals surface area (Å²) in [7, 11) is 0. The molecule has 4 rings (SSSR count). The van der Waals surface area contributed by atoms with Gasteiger partial charge in [-0.05, 0) is 18.2 Å². The van der Waals surface area contributed by atoms with Crippen LogP contribution >= 0.6 is 0 Å². The number of hydrogen-bond acceptors (Lipinski definition) is 3. The third-order valence-corrected chi connectivity index (χ3v) is 3.80. The number of alkyl halides is 3. The van der Waals surface area contributed by atoms with Crippen LogP contribution in [0.4, 0.5) is 13.2 Å². The SMILES string of the molecule is [C-]#[N+]N=C1c2ccccc2-c2nc3cc(C(F)(F)F)ccc3nc21. The van der Waals surface area contributed by atoms with Gasteiger partial charge in [-0.15, -0.1) is 4.95 Å². The van der Waals surface area contributed by atoms with Gasteiger partial charge in [-0.1, -0.05) is 24.3 Å². The molecule has 1 aromatic heterocycles. The second-order valence-electron chi connectivity index (χ2n) is 5.22. The van der Waals surface area contributed by atoms with Crippen LogP contribution in [-0.2, 0) is 6.18 Å². The smallest absolute Gasteiger partial charge is 0.244 e. The lowest BCUT2D eigenvalue weighted by Crippen LogP contribution is -2.06. The van der Waals surface area contributed by atoms with Gasteiger partial charge in [-0.2, -0.15) is 19.7 Å². The standard InChI is InChI=1S/C17H7F3N4/c1-21-24-15-11-5-3-2-4-10(11)14-16(15)22-12-7-6-9(17(18,19)20)8-13(12)23-14/h2-8H. The Hall–Kier alpha value is -3.27. The molecular formula is C17H7F3N4. The van der Waals surface area contributed by atoms with Gasteiger partial charge in [0, 0.05) is 11.1 Å². The van der Waals surface area contributed by atoms with Crippen molar-refractivity contribution in [1.29, 1.82) is 0 Å². The van der Waals surface area contributed by atoms with Crippen LogP contribution in [0.25, 0.3) is 27.2 Å². The van der Waals surface area contributed by atoms with Gasteiger partial charge in [0.1, 0.15) is 5.69 Å². The molecule has 0 unspecified atom stereocenters. The monoisotopic (exact) mass is 324 g/mol. The van der Waals surface area contributed by atoms with Crippen molar-refractivity contribution in [2.24, 2.45) is 5.10 Å². The summed E-state index contributed by atoms with van der Waals surface area (Å²) in [5, 5.41) is 3.80. The van der Waals surface area contributed by atoms with E-state index in [1.165, 1.54) is 6.07 Å². The Labute approximate surface area is 134 Å². The van der Waals surface area contributed by atoms with E-state index in [2.05, 4.69) is 20.0 Å². The molecule has 0 N–H and O–H groups in total. The maximum Gasteiger partial charge on any atom is 0.416 e. The first-order chi connectivity index (χ1) is 11.5. The average Bonchev–Trinajstić information content (AvgIpc) is 2.86. The van der Waals surface area contributed by atoms with E-state index in [0.717, 1.165) is 12.1 Å². The minimum absolute atomic E-state index is 0.155. The molecule has 2 aromatic carbocycles. The molecule has 0 saturated heterocycles. The lowest BCUT2D eigenvalue weighted by molar-refractivity contribution is -0.137. The molecule has 116 valence electrons. The molecule has 0 radical (unpaired) electrons. The number of rotatable bonds is 0. The summed E-state index contributed by atoms with van der Waals surface area (Å²) in [5.41, 5.74) is 2.38. The van der Waals surface area contributed by atoms with Gasteiger partial charge in [0.15, 0.2) is 5.71 Å². The number of hydrogen-bond donors (Lipinski definition) is 0. The molecule has 4 nitrogen and oxygen atoms in total. The highest BCUT2D eigenvalue weighted by atomic mass is 19.4. The molecule has 0 aliphatic heterocycles. The molecular weight excluding hydrogens is 317 g/mol. The van der Waals surface area contributed by atoms with Crippen LogP contribution < -0.4 is 0 Å². The fourth-order valence-electron chi connectivity index (χ4n) is 2.76. The van der Waals surface area contributed by atoms with E-state index in [1.807, 2.05) is 0 Å². The average molecular weight is 324 g/mol. The van der Waals surface area contributed by atoms with Crippen molar-refractivity contribution in [3.8, 4) is 11.3 Å². The van der Waals surface area contributed by atoms with Crippen LogP contribution in [0.2, 0.25) is 0 Å². The highest BCUT2D eigenvalue weighted by Gasteiger charge is 2.33. The number of fused-ring (bicyclic) bond motifs is 4. The number of benzene rings is 2. The first kappa shape index (κ1) is 14.3. The van der Waals surface area contributed by atoms with E-state index in [-0.39, 0.29) is 5.52 Å². The molecule has 0 saturated carbocycles. The molecule has 1 aliphatic rings. The second kappa shape index (κ2) is 4.86. The summed E-state index contributed by atoms with van der Waals surface area (Å²) in [6, 6.07) is 10.4. The van der Waals surface area contributed by atoms with Crippen molar-refractivity contribution in [3.63, 3.8) is 0 Å². The molecule has 1 aliphatic carbocycles. The van der Waals surface area contributed by atoms with Crippen LogP contribution in [0, 0.1) is 6.57 Å². The fourth-order valence-corrected chi connectivity index (χ4v) is 2.76. The van der Waals surface area contributed by atoms with Gasteiger partial charge in [0.05, 0.1) is 27.4 Å². The van der Waals surface area contributed by atoms with Crippen LogP contribution in [0.5, 0.6) is 0 Å². The predicted octanol–water partition coefficient (Wildman–Crippen LogP) is 4.30. The zero-order chi connectivity index (χ0) is 16.9. The largest absolute Gasteiger partial charge is 0.416 e. The third kappa shape index (κ3) is 2.04. The Morgan fingerprint density at radius 2 is 1.62 bits per heavy atom. The molecule has 0 fully saturated rings. The van der Waals surface area contributed by atoms with Gasteiger partial charge in [-0.3, -0.25) is 0 Å². The molecule has 3 aromatic rings. The zero-order valence-corrected chi connectivity index (χ0v) is 12.0. The van der Waals surface area contributed by atoms with Crippen molar-refractivity contribution in [2.45, 2.75) is 6.18 Å². The van der Waals surface area contributed by atoms with Crippen molar-refractivity contribution in [2.75, 3.05) is 0 Å². The third-order valence-electron chi connectivity index (χ3n) is 3.80. The van der Waals surface area contributed by atoms with Crippen LogP contribution in [0.3, 0.4) is 0 Å². The quantitative estimate of drug-likeness (QED) is 0.357. The van der Waals surface area contributed by atoms with Crippen molar-refractivity contribution in [3.05, 3.63) is 70.8 Å². The van der Waals surface area contributed by atoms with Gasteiger partial charge >= 0.3 is 6.18 Å². The fraction of sp³-hybridized carbons (Fsp3) is 0.0588. The first-order valence-electron chi connectivity index (χ1n) is 6.92. The Balaban J connectivity index is 2.03. The lowest BCUT2D eigenvalue weighted by atomic mass is 10.1. The summed E-state index contributed by atoms with van der Waals surface area (Å²) >= 11 is 0. The topological polar surface area (TPSA) is 42.5 Å². The van der Waals surface area contributed by atoms with Gasteiger partial charge < -0.3 is 0 Å². The van der Waals surface area contributed by atoms with Crippen LogP contribution in [-0.4, -0.2) is 15.7 Å². The van der Waals surface area contributed by atoms with Crippen molar-refractivity contribution in [1.82, 2.24) is 9.97 Å². The summed E-state index contributed by atoms with van der Waals surface area (Å²) in [4.78, 5) is 11.8. The number of nitrogens with zero attached hydrogens (tertiary/aromatic N) is 4. The molecule has 1 heterocycles. The van der Waals surface area contributed by atoms with Gasteiger partial charge in [0.25, 0.3) is 0 Å². The lowest BCUT2D eigenvalue weighted by Gasteiger charge is -2.08. The Kier molecular flexibility index (Phi) is 2.90. The van der Waals surface area contributed by atoms with E-state index < -0.39 is 11.7 Å². The van der Waals surface area contributed by atoms with E-state index in [0.29, 0.717) is 33.7 Å². The van der Waals surface area contributed by atoms with Crippen LogP contribution in [0.1, 0.15) is 16.8 Å². The van der Waals surface area contributed by atoms with E-state index in [4.69, 9.17) is 6.57 Å². The molecule has 0 bridgehead atoms. The van der Waals surface area contributed by atoms with Gasteiger partial charge in [-0.25, -0.2) is 9.97 Å². The highest BCUT2D eigenvalue weighted by molar-refractivity contribution is 6.23. The predicted molar refractivity (Wildman–Crippen MR) is 82.2 cm³/mol. The number of halogens is 3. The summed E-state index contributed by atoms with van der Waals surface area (Å²) in [5.74, 6) is 0. The van der Waals surface area contributed by atoms with Crippen molar-refractivity contribution < 1.29 is 13.2 Å². The Morgan fingerprint density at radius 3 is 2.33 bits per heavy atom. The number of aromatic nitrogens is 2. The highest BCUT2D eigenvalue weighted by Crippen LogP contribution is 2.37. The molecule has 7 heteroatoms. The first-order valence-corrected chi connectivity index (χ1v) is 6.92. The van der Waals surface area contributed by atoms with E-state index in [1.54, 1.807) is 24.3 Å². The Bertz CT molecular complexity index is 1060. The summed E-state index contributed by atoms with van der Waals surface area (Å²) in [6.45, 7) is 6.97. The molecule has 0 amide bonds. The maximum absolute atomic E-state index is 12.9.